The molecule has 1 heterocycles. The van der Waals surface area contributed by atoms with E-state index in [-0.39, 0.29) is 22.4 Å². The normalized spacial score (nSPS) is 17.5. The summed E-state index contributed by atoms with van der Waals surface area (Å²) in [7, 11) is -0.510. The topological polar surface area (TPSA) is 66.9 Å². The van der Waals surface area contributed by atoms with E-state index in [4.69, 9.17) is 27.9 Å². The summed E-state index contributed by atoms with van der Waals surface area (Å²) in [6, 6.07) is 11.9. The van der Waals surface area contributed by atoms with Gasteiger partial charge in [-0.25, -0.2) is 8.42 Å². The molecule has 0 saturated carbocycles. The second kappa shape index (κ2) is 9.56. The molecule has 6 nitrogen and oxygen atoms in total. The van der Waals surface area contributed by atoms with Gasteiger partial charge in [0.05, 0.1) is 18.1 Å². The van der Waals surface area contributed by atoms with Crippen molar-refractivity contribution in [3.05, 3.63) is 58.1 Å². The van der Waals surface area contributed by atoms with Crippen LogP contribution in [0.5, 0.6) is 5.75 Å². The summed E-state index contributed by atoms with van der Waals surface area (Å²) < 4.78 is 32.7. The minimum absolute atomic E-state index is 0.0312. The molecule has 0 aromatic heterocycles. The first-order chi connectivity index (χ1) is 14.2. The van der Waals surface area contributed by atoms with E-state index >= 15 is 0 Å². The maximum atomic E-state index is 13.1. The Labute approximate surface area is 187 Å². The number of benzene rings is 2. The number of methoxy groups -OCH3 is 1. The lowest BCUT2D eigenvalue weighted by Gasteiger charge is -2.33. The van der Waals surface area contributed by atoms with Crippen molar-refractivity contribution in [3.63, 3.8) is 0 Å². The van der Waals surface area contributed by atoms with Crippen molar-refractivity contribution in [2.45, 2.75) is 24.3 Å². The van der Waals surface area contributed by atoms with Crippen LogP contribution >= 0.6 is 23.2 Å². The largest absolute Gasteiger partial charge is 0.497 e. The monoisotopic (exact) mass is 470 g/mol. The van der Waals surface area contributed by atoms with Gasteiger partial charge in [0.1, 0.15) is 10.6 Å². The first kappa shape index (κ1) is 22.9. The molecular formula is C21H24Cl2N2O4S. The Morgan fingerprint density at radius 1 is 1.20 bits per heavy atom. The van der Waals surface area contributed by atoms with E-state index in [1.54, 1.807) is 25.1 Å². The fourth-order valence-electron chi connectivity index (χ4n) is 3.57. The molecule has 1 atom stereocenters. The molecule has 1 aliphatic rings. The van der Waals surface area contributed by atoms with Gasteiger partial charge >= 0.3 is 0 Å². The van der Waals surface area contributed by atoms with E-state index in [0.29, 0.717) is 31.0 Å². The number of halogens is 2. The third-order valence-electron chi connectivity index (χ3n) is 5.20. The highest BCUT2D eigenvalue weighted by Crippen LogP contribution is 2.31. The molecule has 30 heavy (non-hydrogen) atoms. The number of rotatable bonds is 6. The van der Waals surface area contributed by atoms with E-state index in [9.17, 15) is 13.2 Å². The van der Waals surface area contributed by atoms with Gasteiger partial charge in [0.2, 0.25) is 15.9 Å². The maximum absolute atomic E-state index is 13.1. The molecule has 0 bridgehead atoms. The summed E-state index contributed by atoms with van der Waals surface area (Å²) >= 11 is 12.1. The second-order valence-corrected chi connectivity index (χ2v) is 10.1. The molecule has 0 radical (unpaired) electrons. The summed E-state index contributed by atoms with van der Waals surface area (Å²) in [5.41, 5.74) is 0.970. The van der Waals surface area contributed by atoms with Crippen LogP contribution in [0.2, 0.25) is 10.0 Å². The average Bonchev–Trinajstić information content (AvgIpc) is 2.75. The lowest BCUT2D eigenvalue weighted by molar-refractivity contribution is -0.135. The summed E-state index contributed by atoms with van der Waals surface area (Å²) in [4.78, 5) is 14.6. The van der Waals surface area contributed by atoms with E-state index in [1.807, 2.05) is 24.3 Å². The zero-order chi connectivity index (χ0) is 21.9. The number of hydrogen-bond donors (Lipinski definition) is 0. The number of amides is 1. The van der Waals surface area contributed by atoms with Crippen LogP contribution < -0.4 is 4.74 Å². The standard InChI is InChI=1S/C21H24Cl2N2O4S/c1-24(13-15-5-8-18(29-2)9-6-15)21(26)16-4-3-11-25(14-16)30(27,28)20-12-17(22)7-10-19(20)23/h5-10,12,16H,3-4,11,13-14H2,1-2H3/t16-/m0/s1. The Morgan fingerprint density at radius 2 is 1.90 bits per heavy atom. The van der Waals surface area contributed by atoms with Gasteiger partial charge in [-0.15, -0.1) is 0 Å². The second-order valence-electron chi connectivity index (χ2n) is 7.32. The number of piperidine rings is 1. The lowest BCUT2D eigenvalue weighted by Crippen LogP contribution is -2.45. The molecule has 1 amide bonds. The van der Waals surface area contributed by atoms with Crippen LogP contribution in [0.1, 0.15) is 18.4 Å². The van der Waals surface area contributed by atoms with Gasteiger partial charge in [-0.2, -0.15) is 4.31 Å². The van der Waals surface area contributed by atoms with Crippen molar-refractivity contribution in [2.75, 3.05) is 27.2 Å². The lowest BCUT2D eigenvalue weighted by atomic mass is 9.98. The highest BCUT2D eigenvalue weighted by molar-refractivity contribution is 7.89. The highest BCUT2D eigenvalue weighted by Gasteiger charge is 2.35. The van der Waals surface area contributed by atoms with Crippen LogP contribution in [0.4, 0.5) is 0 Å². The number of carbonyl (C=O) groups is 1. The Morgan fingerprint density at radius 3 is 2.57 bits per heavy atom. The molecule has 0 unspecified atom stereocenters. The van der Waals surface area contributed by atoms with E-state index in [2.05, 4.69) is 0 Å². The van der Waals surface area contributed by atoms with Crippen molar-refractivity contribution in [1.29, 1.82) is 0 Å². The quantitative estimate of drug-likeness (QED) is 0.638. The predicted molar refractivity (Wildman–Crippen MR) is 117 cm³/mol. The molecule has 0 N–H and O–H groups in total. The van der Waals surface area contributed by atoms with E-state index < -0.39 is 15.9 Å². The third kappa shape index (κ3) is 5.09. The van der Waals surface area contributed by atoms with Gasteiger partial charge in [-0.1, -0.05) is 35.3 Å². The molecule has 1 aliphatic heterocycles. The van der Waals surface area contributed by atoms with Gasteiger partial charge in [-0.05, 0) is 48.7 Å². The number of ether oxygens (including phenoxy) is 1. The Kier molecular flexibility index (Phi) is 7.29. The van der Waals surface area contributed by atoms with Gasteiger partial charge in [0.25, 0.3) is 0 Å². The predicted octanol–water partition coefficient (Wildman–Crippen LogP) is 4.06. The van der Waals surface area contributed by atoms with E-state index in [1.165, 1.54) is 16.4 Å². The molecule has 9 heteroatoms. The van der Waals surface area contributed by atoms with Gasteiger partial charge in [0, 0.05) is 31.7 Å². The van der Waals surface area contributed by atoms with E-state index in [0.717, 1.165) is 11.3 Å². The maximum Gasteiger partial charge on any atom is 0.244 e. The molecule has 1 saturated heterocycles. The van der Waals surface area contributed by atoms with Crippen LogP contribution in [-0.2, 0) is 21.4 Å². The fourth-order valence-corrected chi connectivity index (χ4v) is 5.83. The SMILES string of the molecule is COc1ccc(CN(C)C(=O)[C@H]2CCCN(S(=O)(=O)c3cc(Cl)ccc3Cl)C2)cc1. The van der Waals surface area contributed by atoms with Crippen LogP contribution in [0.25, 0.3) is 0 Å². The first-order valence-corrected chi connectivity index (χ1v) is 11.7. The van der Waals surface area contributed by atoms with Crippen molar-refractivity contribution in [2.24, 2.45) is 5.92 Å². The van der Waals surface area contributed by atoms with Crippen molar-refractivity contribution in [1.82, 2.24) is 9.21 Å². The highest BCUT2D eigenvalue weighted by atomic mass is 35.5. The number of carbonyl (C=O) groups excluding carboxylic acids is 1. The minimum atomic E-state index is -3.84. The third-order valence-corrected chi connectivity index (χ3v) is 7.78. The van der Waals surface area contributed by atoms with Crippen molar-refractivity contribution in [3.8, 4) is 5.75 Å². The number of sulfonamides is 1. The molecule has 2 aromatic rings. The molecule has 2 aromatic carbocycles. The van der Waals surface area contributed by atoms with Crippen LogP contribution in [-0.4, -0.2) is 50.8 Å². The Bertz CT molecular complexity index is 1010. The minimum Gasteiger partial charge on any atom is -0.497 e. The Balaban J connectivity index is 1.71. The molecule has 0 aliphatic carbocycles. The smallest absolute Gasteiger partial charge is 0.244 e. The van der Waals surface area contributed by atoms with Gasteiger partial charge in [0.15, 0.2) is 0 Å². The zero-order valence-electron chi connectivity index (χ0n) is 16.8. The average molecular weight is 471 g/mol. The van der Waals surface area contributed by atoms with Gasteiger partial charge in [-0.3, -0.25) is 4.79 Å². The molecule has 3 rings (SSSR count). The summed E-state index contributed by atoms with van der Waals surface area (Å²) in [6.45, 7) is 0.903. The number of hydrogen-bond acceptors (Lipinski definition) is 4. The Hall–Kier alpha value is -1.80. The molecule has 1 fully saturated rings. The fraction of sp³-hybridized carbons (Fsp3) is 0.381. The van der Waals surface area contributed by atoms with Gasteiger partial charge < -0.3 is 9.64 Å². The summed E-state index contributed by atoms with van der Waals surface area (Å²) in [5, 5.41) is 0.409. The van der Waals surface area contributed by atoms with Crippen LogP contribution in [0.15, 0.2) is 47.4 Å². The zero-order valence-corrected chi connectivity index (χ0v) is 19.2. The van der Waals surface area contributed by atoms with Crippen LogP contribution in [0, 0.1) is 5.92 Å². The van der Waals surface area contributed by atoms with Crippen LogP contribution in [0.3, 0.4) is 0 Å². The first-order valence-electron chi connectivity index (χ1n) is 9.55. The summed E-state index contributed by atoms with van der Waals surface area (Å²) in [6.07, 6.45) is 1.24. The van der Waals surface area contributed by atoms with Crippen molar-refractivity contribution >= 4 is 39.1 Å². The molecule has 162 valence electrons. The molecular weight excluding hydrogens is 447 g/mol. The van der Waals surface area contributed by atoms with Crippen molar-refractivity contribution < 1.29 is 17.9 Å². The summed E-state index contributed by atoms with van der Waals surface area (Å²) in [5.74, 6) is 0.262. The number of nitrogens with zero attached hydrogens (tertiary/aromatic N) is 2. The molecule has 0 spiro atoms.